The fourth-order valence-electron chi connectivity index (χ4n) is 0.955. The third-order valence-electron chi connectivity index (χ3n) is 1.91. The van der Waals surface area contributed by atoms with Gasteiger partial charge in [-0.25, -0.2) is 9.59 Å². The van der Waals surface area contributed by atoms with Crippen molar-refractivity contribution < 1.29 is 18.8 Å². The quantitative estimate of drug-likeness (QED) is 0.400. The molecule has 0 rings (SSSR count). The van der Waals surface area contributed by atoms with Gasteiger partial charge in [0.2, 0.25) is 9.76 Å². The van der Waals surface area contributed by atoms with Crippen molar-refractivity contribution >= 4 is 21.9 Å². The van der Waals surface area contributed by atoms with Gasteiger partial charge < -0.3 is 9.16 Å². The molecule has 2 amide bonds. The highest BCUT2D eigenvalue weighted by molar-refractivity contribution is 6.30. The second kappa shape index (κ2) is 11.2. The Balaban J connectivity index is 3.60. The fourth-order valence-corrected chi connectivity index (χ4v) is 1.62. The molecule has 0 spiro atoms. The molecule has 17 heavy (non-hydrogen) atoms. The molecule has 0 aliphatic carbocycles. The summed E-state index contributed by atoms with van der Waals surface area (Å²) in [6, 6.07) is 0.905. The average Bonchev–Trinajstić information content (AvgIpc) is 2.32. The van der Waals surface area contributed by atoms with Gasteiger partial charge in [-0.05, 0) is 12.5 Å². The lowest BCUT2D eigenvalue weighted by Crippen LogP contribution is -2.05. The van der Waals surface area contributed by atoms with E-state index in [1.54, 1.807) is 0 Å². The maximum atomic E-state index is 11.0. The third-order valence-corrected chi connectivity index (χ3v) is 3.36. The van der Waals surface area contributed by atoms with E-state index in [0.717, 1.165) is 31.7 Å². The molecule has 0 bridgehead atoms. The number of carbonyl (C=O) groups is 2. The molecule has 0 saturated carbocycles. The van der Waals surface area contributed by atoms with Crippen LogP contribution >= 0.6 is 0 Å². The number of hydrogen-bond acceptors (Lipinski definition) is 4. The van der Waals surface area contributed by atoms with Crippen molar-refractivity contribution in [2.45, 2.75) is 45.6 Å². The molecule has 98 valence electrons. The van der Waals surface area contributed by atoms with E-state index in [9.17, 15) is 9.59 Å². The molecule has 0 heterocycles. The molecule has 0 radical (unpaired) electrons. The van der Waals surface area contributed by atoms with Crippen LogP contribution in [0.1, 0.15) is 39.5 Å². The summed E-state index contributed by atoms with van der Waals surface area (Å²) in [6.07, 6.45) is 2.19. The lowest BCUT2D eigenvalue weighted by molar-refractivity contribution is 0.152. The maximum Gasteiger partial charge on any atom is 0.452 e. The first-order chi connectivity index (χ1) is 8.20. The van der Waals surface area contributed by atoms with Crippen molar-refractivity contribution in [3.8, 4) is 0 Å². The van der Waals surface area contributed by atoms with E-state index in [1.165, 1.54) is 0 Å². The number of rotatable bonds is 7. The molecule has 0 N–H and O–H groups in total. The first-order valence-corrected chi connectivity index (χ1v) is 7.53. The monoisotopic (exact) mass is 260 g/mol. The Morgan fingerprint density at radius 2 is 1.76 bits per heavy atom. The standard InChI is InChI=1S/C10H20N2O4Si/c1-3-5-6-7-15-9(13)11-12-10(14)16-17-8-4-2/h3-8,17H2,1-2H3/b12-11+. The van der Waals surface area contributed by atoms with Crippen LogP contribution in [0.5, 0.6) is 0 Å². The largest absolute Gasteiger partial charge is 0.507 e. The minimum Gasteiger partial charge on any atom is -0.507 e. The number of unbranched alkanes of at least 4 members (excludes halogenated alkanes) is 2. The minimum atomic E-state index is -0.859. The van der Waals surface area contributed by atoms with Gasteiger partial charge in [-0.2, -0.15) is 0 Å². The molecule has 0 aromatic carbocycles. The topological polar surface area (TPSA) is 77.3 Å². The molecule has 0 aromatic rings. The van der Waals surface area contributed by atoms with Crippen molar-refractivity contribution in [3.63, 3.8) is 0 Å². The van der Waals surface area contributed by atoms with Crippen LogP contribution in [0, 0.1) is 0 Å². The van der Waals surface area contributed by atoms with Crippen LogP contribution in [-0.2, 0) is 9.16 Å². The van der Waals surface area contributed by atoms with E-state index < -0.39 is 21.9 Å². The summed E-state index contributed by atoms with van der Waals surface area (Å²) in [5.74, 6) is 0. The van der Waals surface area contributed by atoms with Gasteiger partial charge in [-0.1, -0.05) is 43.3 Å². The van der Waals surface area contributed by atoms with Gasteiger partial charge in [-0.15, -0.1) is 0 Å². The first kappa shape index (κ1) is 15.8. The Hall–Kier alpha value is -1.24. The highest BCUT2D eigenvalue weighted by Crippen LogP contribution is 1.96. The van der Waals surface area contributed by atoms with E-state index in [4.69, 9.17) is 9.16 Å². The molecule has 0 aliphatic heterocycles. The molecular formula is C10H20N2O4Si. The number of nitrogens with zero attached hydrogens (tertiary/aromatic N) is 2. The van der Waals surface area contributed by atoms with Gasteiger partial charge in [0.05, 0.1) is 6.61 Å². The number of amides is 2. The van der Waals surface area contributed by atoms with E-state index >= 15 is 0 Å². The minimum absolute atomic E-state index is 0.311. The molecule has 0 fully saturated rings. The third kappa shape index (κ3) is 11.0. The van der Waals surface area contributed by atoms with E-state index in [1.807, 2.05) is 6.92 Å². The van der Waals surface area contributed by atoms with Gasteiger partial charge in [-0.3, -0.25) is 0 Å². The molecule has 0 aromatic heterocycles. The maximum absolute atomic E-state index is 11.0. The highest BCUT2D eigenvalue weighted by atomic mass is 28.2. The van der Waals surface area contributed by atoms with Crippen LogP contribution in [-0.4, -0.2) is 28.6 Å². The predicted molar refractivity (Wildman–Crippen MR) is 65.9 cm³/mol. The Bertz CT molecular complexity index is 259. The lowest BCUT2D eigenvalue weighted by atomic mass is 10.3. The molecule has 0 atom stereocenters. The number of hydrogen-bond donors (Lipinski definition) is 0. The molecule has 7 heteroatoms. The van der Waals surface area contributed by atoms with Crippen LogP contribution < -0.4 is 0 Å². The van der Waals surface area contributed by atoms with Crippen molar-refractivity contribution in [3.05, 3.63) is 0 Å². The smallest absolute Gasteiger partial charge is 0.452 e. The van der Waals surface area contributed by atoms with Crippen molar-refractivity contribution in [2.75, 3.05) is 6.61 Å². The van der Waals surface area contributed by atoms with Crippen LogP contribution in [0.25, 0.3) is 0 Å². The van der Waals surface area contributed by atoms with Crippen LogP contribution in [0.15, 0.2) is 10.2 Å². The summed E-state index contributed by atoms with van der Waals surface area (Å²) < 4.78 is 9.53. The zero-order valence-corrected chi connectivity index (χ0v) is 11.9. The average molecular weight is 260 g/mol. The highest BCUT2D eigenvalue weighted by Gasteiger charge is 2.03. The summed E-state index contributed by atoms with van der Waals surface area (Å²) in [5, 5.41) is 6.23. The SMILES string of the molecule is CCCCCOC(=O)/N=N/C(=O)O[SiH2]CCC. The zero-order chi connectivity index (χ0) is 12.9. The Kier molecular flexibility index (Phi) is 10.4. The predicted octanol–water partition coefficient (Wildman–Crippen LogP) is 2.81. The van der Waals surface area contributed by atoms with Gasteiger partial charge in [0.25, 0.3) is 0 Å². The number of carbonyl (C=O) groups excluding carboxylic acids is 2. The van der Waals surface area contributed by atoms with E-state index in [0.29, 0.717) is 6.61 Å². The second-order valence-corrected chi connectivity index (χ2v) is 4.89. The summed E-state index contributed by atoms with van der Waals surface area (Å²) in [5.41, 5.74) is 0. The summed E-state index contributed by atoms with van der Waals surface area (Å²) in [6.45, 7) is 4.37. The van der Waals surface area contributed by atoms with Gasteiger partial charge in [0.1, 0.15) is 0 Å². The Labute approximate surface area is 104 Å². The summed E-state index contributed by atoms with van der Waals surface area (Å²) >= 11 is 0. The van der Waals surface area contributed by atoms with Crippen molar-refractivity contribution in [1.29, 1.82) is 0 Å². The van der Waals surface area contributed by atoms with Crippen molar-refractivity contribution in [2.24, 2.45) is 10.2 Å². The summed E-state index contributed by atoms with van der Waals surface area (Å²) in [4.78, 5) is 21.9. The number of azo groups is 1. The molecule has 6 nitrogen and oxygen atoms in total. The second-order valence-electron chi connectivity index (χ2n) is 3.49. The summed E-state index contributed by atoms with van der Waals surface area (Å²) in [7, 11) is -0.859. The molecule has 0 aliphatic rings. The lowest BCUT2D eigenvalue weighted by Gasteiger charge is -1.99. The van der Waals surface area contributed by atoms with Crippen LogP contribution in [0.3, 0.4) is 0 Å². The number of ether oxygens (including phenoxy) is 1. The van der Waals surface area contributed by atoms with Gasteiger partial charge in [0, 0.05) is 0 Å². The normalized spacial score (nSPS) is 11.2. The zero-order valence-electron chi connectivity index (χ0n) is 10.5. The van der Waals surface area contributed by atoms with Gasteiger partial charge in [0.15, 0.2) is 0 Å². The molecule has 0 saturated heterocycles. The van der Waals surface area contributed by atoms with Crippen LogP contribution in [0.2, 0.25) is 6.04 Å². The first-order valence-electron chi connectivity index (χ1n) is 5.96. The van der Waals surface area contributed by atoms with E-state index in [2.05, 4.69) is 17.2 Å². The van der Waals surface area contributed by atoms with Crippen molar-refractivity contribution in [1.82, 2.24) is 0 Å². The Morgan fingerprint density at radius 1 is 1.06 bits per heavy atom. The Morgan fingerprint density at radius 3 is 2.41 bits per heavy atom. The van der Waals surface area contributed by atoms with E-state index in [-0.39, 0.29) is 0 Å². The molecule has 0 unspecified atom stereocenters. The van der Waals surface area contributed by atoms with Gasteiger partial charge >= 0.3 is 12.2 Å². The fraction of sp³-hybridized carbons (Fsp3) is 0.800. The van der Waals surface area contributed by atoms with Crippen LogP contribution in [0.4, 0.5) is 9.59 Å². The molecular weight excluding hydrogens is 240 g/mol.